The summed E-state index contributed by atoms with van der Waals surface area (Å²) in [6, 6.07) is 2.32. The molecule has 18 heavy (non-hydrogen) atoms. The Morgan fingerprint density at radius 2 is 2.11 bits per heavy atom. The molecule has 2 saturated carbocycles. The molecule has 2 heteroatoms. The summed E-state index contributed by atoms with van der Waals surface area (Å²) < 4.78 is 2.29. The Bertz CT molecular complexity index is 433. The molecule has 3 unspecified atom stereocenters. The molecule has 2 nitrogen and oxygen atoms in total. The van der Waals surface area contributed by atoms with Crippen LogP contribution in [0.15, 0.2) is 6.07 Å². The molecule has 100 valence electrons. The average molecular weight is 246 g/mol. The Hall–Kier alpha value is -0.760. The molecule has 0 aliphatic heterocycles. The highest BCUT2D eigenvalue weighted by molar-refractivity contribution is 5.26. The third-order valence-electron chi connectivity index (χ3n) is 5.49. The van der Waals surface area contributed by atoms with E-state index in [0.29, 0.717) is 0 Å². The second-order valence-corrected chi connectivity index (χ2v) is 6.52. The first-order valence-electron chi connectivity index (χ1n) is 7.47. The second kappa shape index (κ2) is 4.73. The highest BCUT2D eigenvalue weighted by Gasteiger charge is 2.38. The molecule has 2 bridgehead atoms. The summed E-state index contributed by atoms with van der Waals surface area (Å²) in [5.41, 5.74) is 4.25. The van der Waals surface area contributed by atoms with Crippen LogP contribution in [0.4, 0.5) is 0 Å². The number of nitrogens with one attached hydrogen (secondary N) is 1. The van der Waals surface area contributed by atoms with Crippen LogP contribution in [-0.2, 0) is 13.6 Å². The fourth-order valence-corrected chi connectivity index (χ4v) is 4.13. The van der Waals surface area contributed by atoms with Gasteiger partial charge in [-0.25, -0.2) is 0 Å². The molecule has 0 amide bonds. The third kappa shape index (κ3) is 2.11. The molecule has 2 aliphatic carbocycles. The zero-order chi connectivity index (χ0) is 12.7. The maximum absolute atomic E-state index is 3.70. The van der Waals surface area contributed by atoms with Gasteiger partial charge in [-0.3, -0.25) is 0 Å². The maximum Gasteiger partial charge on any atom is 0.0223 e. The van der Waals surface area contributed by atoms with Crippen molar-refractivity contribution < 1.29 is 0 Å². The van der Waals surface area contributed by atoms with Gasteiger partial charge in [0.1, 0.15) is 0 Å². The van der Waals surface area contributed by atoms with Gasteiger partial charge in [0.2, 0.25) is 0 Å². The van der Waals surface area contributed by atoms with E-state index in [1.807, 2.05) is 0 Å². The van der Waals surface area contributed by atoms with Crippen molar-refractivity contribution in [1.82, 2.24) is 9.88 Å². The van der Waals surface area contributed by atoms with Crippen LogP contribution >= 0.6 is 0 Å². The molecule has 2 fully saturated rings. The molecule has 1 N–H and O–H groups in total. The smallest absolute Gasteiger partial charge is 0.0223 e. The van der Waals surface area contributed by atoms with Crippen LogP contribution in [0.25, 0.3) is 0 Å². The van der Waals surface area contributed by atoms with Crippen LogP contribution in [-0.4, -0.2) is 11.1 Å². The lowest BCUT2D eigenvalue weighted by molar-refractivity contribution is 0.318. The largest absolute Gasteiger partial charge is 0.352 e. The molecular formula is C16H26N2. The minimum absolute atomic E-state index is 0.967. The molecule has 0 saturated heterocycles. The van der Waals surface area contributed by atoms with Gasteiger partial charge in [-0.05, 0) is 69.0 Å². The predicted molar refractivity (Wildman–Crippen MR) is 75.5 cm³/mol. The number of aryl methyl sites for hydroxylation is 1. The van der Waals surface area contributed by atoms with Gasteiger partial charge in [-0.2, -0.15) is 0 Å². The van der Waals surface area contributed by atoms with Crippen molar-refractivity contribution in [3.05, 3.63) is 23.0 Å². The van der Waals surface area contributed by atoms with Gasteiger partial charge in [-0.15, -0.1) is 0 Å². The molecule has 1 heterocycles. The van der Waals surface area contributed by atoms with Crippen LogP contribution in [0.2, 0.25) is 0 Å². The van der Waals surface area contributed by atoms with Crippen molar-refractivity contribution in [3.8, 4) is 0 Å². The van der Waals surface area contributed by atoms with Crippen molar-refractivity contribution in [3.63, 3.8) is 0 Å². The maximum atomic E-state index is 3.70. The summed E-state index contributed by atoms with van der Waals surface area (Å²) in [4.78, 5) is 0. The first kappa shape index (κ1) is 12.3. The lowest BCUT2D eigenvalue weighted by Gasteiger charge is -2.21. The summed E-state index contributed by atoms with van der Waals surface area (Å²) in [6.45, 7) is 6.68. The summed E-state index contributed by atoms with van der Waals surface area (Å²) in [5, 5.41) is 3.70. The molecule has 0 spiro atoms. The van der Waals surface area contributed by atoms with E-state index >= 15 is 0 Å². The second-order valence-electron chi connectivity index (χ2n) is 6.52. The van der Waals surface area contributed by atoms with Crippen LogP contribution in [0.3, 0.4) is 0 Å². The van der Waals surface area contributed by atoms with E-state index in [4.69, 9.17) is 0 Å². The first-order valence-corrected chi connectivity index (χ1v) is 7.47. The minimum atomic E-state index is 0.967. The SMILES string of the molecule is Cc1cc(CNCC2CC3CCC2C3)c(C)n1C. The standard InChI is InChI=1S/C16H26N2/c1-11-6-15(12(2)18(11)3)9-17-10-16-8-13-4-5-14(16)7-13/h6,13-14,16-17H,4-5,7-10H2,1-3H3. The molecule has 2 aliphatic rings. The quantitative estimate of drug-likeness (QED) is 0.863. The topological polar surface area (TPSA) is 17.0 Å². The molecule has 1 aromatic rings. The van der Waals surface area contributed by atoms with Crippen LogP contribution in [0.1, 0.15) is 42.6 Å². The van der Waals surface area contributed by atoms with Gasteiger partial charge in [0.05, 0.1) is 0 Å². The van der Waals surface area contributed by atoms with Crippen molar-refractivity contribution in [2.75, 3.05) is 6.54 Å². The van der Waals surface area contributed by atoms with Crippen LogP contribution < -0.4 is 5.32 Å². The molecule has 3 rings (SSSR count). The molecule has 0 aromatic carbocycles. The van der Waals surface area contributed by atoms with Gasteiger partial charge in [-0.1, -0.05) is 6.42 Å². The zero-order valence-corrected chi connectivity index (χ0v) is 12.0. The minimum Gasteiger partial charge on any atom is -0.352 e. The van der Waals surface area contributed by atoms with Gasteiger partial charge < -0.3 is 9.88 Å². The normalized spacial score (nSPS) is 30.3. The number of rotatable bonds is 4. The van der Waals surface area contributed by atoms with Gasteiger partial charge in [0, 0.05) is 25.0 Å². The van der Waals surface area contributed by atoms with Gasteiger partial charge >= 0.3 is 0 Å². The summed E-state index contributed by atoms with van der Waals surface area (Å²) in [6.07, 6.45) is 6.03. The summed E-state index contributed by atoms with van der Waals surface area (Å²) >= 11 is 0. The van der Waals surface area contributed by atoms with E-state index in [2.05, 4.69) is 36.8 Å². The van der Waals surface area contributed by atoms with Crippen molar-refractivity contribution in [2.24, 2.45) is 24.8 Å². The first-order chi connectivity index (χ1) is 8.65. The zero-order valence-electron chi connectivity index (χ0n) is 12.0. The lowest BCUT2D eigenvalue weighted by Crippen LogP contribution is -2.26. The molecule has 1 aromatic heterocycles. The van der Waals surface area contributed by atoms with Crippen LogP contribution in [0, 0.1) is 31.6 Å². The van der Waals surface area contributed by atoms with Crippen LogP contribution in [0.5, 0.6) is 0 Å². The van der Waals surface area contributed by atoms with E-state index in [1.54, 1.807) is 0 Å². The van der Waals surface area contributed by atoms with Crippen molar-refractivity contribution in [2.45, 2.75) is 46.1 Å². The van der Waals surface area contributed by atoms with E-state index < -0.39 is 0 Å². The van der Waals surface area contributed by atoms with Gasteiger partial charge in [0.15, 0.2) is 0 Å². The van der Waals surface area contributed by atoms with E-state index in [-0.39, 0.29) is 0 Å². The Morgan fingerprint density at radius 3 is 2.67 bits per heavy atom. The Labute approximate surface area is 111 Å². The highest BCUT2D eigenvalue weighted by atomic mass is 15.0. The van der Waals surface area contributed by atoms with E-state index in [1.165, 1.54) is 49.2 Å². The fourth-order valence-electron chi connectivity index (χ4n) is 4.13. The lowest BCUT2D eigenvalue weighted by atomic mass is 9.89. The molecule has 3 atom stereocenters. The summed E-state index contributed by atoms with van der Waals surface area (Å²) in [7, 11) is 2.16. The fraction of sp³-hybridized carbons (Fsp3) is 0.750. The number of nitrogens with zero attached hydrogens (tertiary/aromatic N) is 1. The molecular weight excluding hydrogens is 220 g/mol. The number of aromatic nitrogens is 1. The Balaban J connectivity index is 1.51. The number of hydrogen-bond donors (Lipinski definition) is 1. The molecule has 0 radical (unpaired) electrons. The monoisotopic (exact) mass is 246 g/mol. The van der Waals surface area contributed by atoms with E-state index in [9.17, 15) is 0 Å². The summed E-state index contributed by atoms with van der Waals surface area (Å²) in [5.74, 6) is 3.08. The number of hydrogen-bond acceptors (Lipinski definition) is 1. The van der Waals surface area contributed by atoms with Gasteiger partial charge in [0.25, 0.3) is 0 Å². The van der Waals surface area contributed by atoms with E-state index in [0.717, 1.165) is 24.3 Å². The average Bonchev–Trinajstić information content (AvgIpc) is 3.02. The Kier molecular flexibility index (Phi) is 3.23. The van der Waals surface area contributed by atoms with Crippen molar-refractivity contribution in [1.29, 1.82) is 0 Å². The number of fused-ring (bicyclic) bond motifs is 2. The third-order valence-corrected chi connectivity index (χ3v) is 5.49. The highest BCUT2D eigenvalue weighted by Crippen LogP contribution is 2.47. The predicted octanol–water partition coefficient (Wildman–Crippen LogP) is 3.17. The van der Waals surface area contributed by atoms with Crippen molar-refractivity contribution >= 4 is 0 Å². The Morgan fingerprint density at radius 1 is 1.28 bits per heavy atom.